The largest absolute Gasteiger partial charge is 0.490 e. The molecule has 168 valence electrons. The van der Waals surface area contributed by atoms with Crippen molar-refractivity contribution in [2.75, 3.05) is 27.2 Å². The van der Waals surface area contributed by atoms with E-state index >= 15 is 0 Å². The molecule has 0 bridgehead atoms. The van der Waals surface area contributed by atoms with Crippen molar-refractivity contribution in [3.8, 4) is 5.75 Å². The quantitative estimate of drug-likeness (QED) is 0.705. The van der Waals surface area contributed by atoms with Gasteiger partial charge in [0.2, 0.25) is 0 Å². The van der Waals surface area contributed by atoms with Crippen LogP contribution in [0.2, 0.25) is 0 Å². The molecule has 9 heteroatoms. The van der Waals surface area contributed by atoms with Crippen molar-refractivity contribution >= 4 is 16.1 Å². The number of hydrogen-bond acceptors (Lipinski definition) is 4. The van der Waals surface area contributed by atoms with E-state index < -0.39 is 10.2 Å². The zero-order chi connectivity index (χ0) is 22.6. The van der Waals surface area contributed by atoms with E-state index in [-0.39, 0.29) is 24.4 Å². The zero-order valence-corrected chi connectivity index (χ0v) is 18.8. The van der Waals surface area contributed by atoms with Crippen molar-refractivity contribution < 1.29 is 22.3 Å². The van der Waals surface area contributed by atoms with Gasteiger partial charge in [0.25, 0.3) is 16.1 Å². The lowest BCUT2D eigenvalue weighted by Gasteiger charge is -2.32. The molecule has 1 amide bonds. The molecule has 0 atom stereocenters. The number of hydrogen-bond donors (Lipinski definition) is 1. The Morgan fingerprint density at radius 3 is 2.42 bits per heavy atom. The lowest BCUT2D eigenvalue weighted by atomic mass is 10.1. The minimum Gasteiger partial charge on any atom is -0.490 e. The number of benzene rings is 2. The number of aryl methyl sites for hydroxylation is 1. The SMILES string of the molecule is Cc1ccc(F)cc1CNC(=O)c1ccc(OC2CCN(S(=O)(=O)N(C)C)CC2)cc1. The third-order valence-electron chi connectivity index (χ3n) is 5.36. The summed E-state index contributed by atoms with van der Waals surface area (Å²) in [5.74, 6) is 0.0466. The summed E-state index contributed by atoms with van der Waals surface area (Å²) in [6, 6.07) is 11.3. The molecule has 3 rings (SSSR count). The fraction of sp³-hybridized carbons (Fsp3) is 0.409. The van der Waals surface area contributed by atoms with Crippen LogP contribution >= 0.6 is 0 Å². The van der Waals surface area contributed by atoms with Gasteiger partial charge in [-0.1, -0.05) is 6.07 Å². The lowest BCUT2D eigenvalue weighted by Crippen LogP contribution is -2.46. The van der Waals surface area contributed by atoms with Crippen LogP contribution in [0, 0.1) is 12.7 Å². The molecule has 7 nitrogen and oxygen atoms in total. The van der Waals surface area contributed by atoms with E-state index in [4.69, 9.17) is 4.74 Å². The predicted octanol–water partition coefficient (Wildman–Crippen LogP) is 2.71. The van der Waals surface area contributed by atoms with Crippen LogP contribution in [0.25, 0.3) is 0 Å². The number of piperidine rings is 1. The van der Waals surface area contributed by atoms with E-state index in [0.29, 0.717) is 37.2 Å². The van der Waals surface area contributed by atoms with Crippen LogP contribution in [-0.2, 0) is 16.8 Å². The van der Waals surface area contributed by atoms with Crippen molar-refractivity contribution in [2.45, 2.75) is 32.4 Å². The molecular weight excluding hydrogens is 421 g/mol. The highest BCUT2D eigenvalue weighted by Crippen LogP contribution is 2.22. The average molecular weight is 450 g/mol. The number of amides is 1. The van der Waals surface area contributed by atoms with Gasteiger partial charge in [-0.15, -0.1) is 0 Å². The normalized spacial score (nSPS) is 15.8. The first-order valence-electron chi connectivity index (χ1n) is 10.1. The van der Waals surface area contributed by atoms with Gasteiger partial charge in [-0.25, -0.2) is 4.39 Å². The maximum atomic E-state index is 13.4. The summed E-state index contributed by atoms with van der Waals surface area (Å²) < 4.78 is 46.4. The molecule has 2 aromatic carbocycles. The van der Waals surface area contributed by atoms with E-state index in [0.717, 1.165) is 11.1 Å². The van der Waals surface area contributed by atoms with Gasteiger partial charge in [0.05, 0.1) is 0 Å². The van der Waals surface area contributed by atoms with Crippen LogP contribution in [0.5, 0.6) is 5.75 Å². The summed E-state index contributed by atoms with van der Waals surface area (Å²) in [6.07, 6.45) is 1.12. The minimum atomic E-state index is -3.40. The molecule has 31 heavy (non-hydrogen) atoms. The topological polar surface area (TPSA) is 79.0 Å². The van der Waals surface area contributed by atoms with Crippen molar-refractivity contribution in [1.82, 2.24) is 13.9 Å². The van der Waals surface area contributed by atoms with Crippen LogP contribution in [0.3, 0.4) is 0 Å². The molecule has 1 N–H and O–H groups in total. The van der Waals surface area contributed by atoms with E-state index in [2.05, 4.69) is 5.32 Å². The van der Waals surface area contributed by atoms with Crippen LogP contribution < -0.4 is 10.1 Å². The van der Waals surface area contributed by atoms with Crippen molar-refractivity contribution in [3.05, 3.63) is 65.0 Å². The van der Waals surface area contributed by atoms with E-state index in [1.54, 1.807) is 30.3 Å². The first-order chi connectivity index (χ1) is 14.7. The third kappa shape index (κ3) is 5.81. The van der Waals surface area contributed by atoms with Gasteiger partial charge >= 0.3 is 0 Å². The molecule has 1 saturated heterocycles. The van der Waals surface area contributed by atoms with Crippen molar-refractivity contribution in [3.63, 3.8) is 0 Å². The molecular formula is C22H28FN3O4S. The molecule has 0 aromatic heterocycles. The van der Waals surface area contributed by atoms with E-state index in [1.807, 2.05) is 6.92 Å². The van der Waals surface area contributed by atoms with Crippen LogP contribution in [-0.4, -0.2) is 56.2 Å². The second-order valence-electron chi connectivity index (χ2n) is 7.78. The summed E-state index contributed by atoms with van der Waals surface area (Å²) in [4.78, 5) is 12.4. The van der Waals surface area contributed by atoms with Gasteiger partial charge in [0.1, 0.15) is 17.7 Å². The molecule has 0 unspecified atom stereocenters. The maximum absolute atomic E-state index is 13.4. The van der Waals surface area contributed by atoms with Gasteiger partial charge < -0.3 is 10.1 Å². The van der Waals surface area contributed by atoms with Gasteiger partial charge in [0.15, 0.2) is 0 Å². The first kappa shape index (κ1) is 23.2. The number of carbonyl (C=O) groups is 1. The molecule has 2 aromatic rings. The van der Waals surface area contributed by atoms with Crippen LogP contribution in [0.1, 0.15) is 34.3 Å². The van der Waals surface area contributed by atoms with Gasteiger partial charge in [-0.05, 0) is 67.3 Å². The maximum Gasteiger partial charge on any atom is 0.281 e. The molecule has 0 radical (unpaired) electrons. The highest BCUT2D eigenvalue weighted by Gasteiger charge is 2.30. The monoisotopic (exact) mass is 449 g/mol. The first-order valence-corrected chi connectivity index (χ1v) is 11.5. The average Bonchev–Trinajstić information content (AvgIpc) is 2.75. The Kier molecular flexibility index (Phi) is 7.30. The van der Waals surface area contributed by atoms with Crippen molar-refractivity contribution in [1.29, 1.82) is 0 Å². The second kappa shape index (κ2) is 9.76. The lowest BCUT2D eigenvalue weighted by molar-refractivity contribution is 0.0950. The van der Waals surface area contributed by atoms with Crippen LogP contribution in [0.15, 0.2) is 42.5 Å². The number of rotatable bonds is 7. The molecule has 0 spiro atoms. The summed E-state index contributed by atoms with van der Waals surface area (Å²) in [5.41, 5.74) is 2.12. The molecule has 1 aliphatic heterocycles. The summed E-state index contributed by atoms with van der Waals surface area (Å²) in [7, 11) is -0.351. The predicted molar refractivity (Wildman–Crippen MR) is 117 cm³/mol. The number of nitrogens with one attached hydrogen (secondary N) is 1. The standard InChI is InChI=1S/C22H28FN3O4S/c1-16-4-7-19(23)14-18(16)15-24-22(27)17-5-8-20(9-6-17)30-21-10-12-26(13-11-21)31(28,29)25(2)3/h4-9,14,21H,10-13,15H2,1-3H3,(H,24,27). The van der Waals surface area contributed by atoms with E-state index in [9.17, 15) is 17.6 Å². The number of nitrogens with zero attached hydrogens (tertiary/aromatic N) is 2. The number of halogens is 1. The molecule has 1 heterocycles. The van der Waals surface area contributed by atoms with Gasteiger partial charge in [0, 0.05) is 39.3 Å². The molecule has 1 fully saturated rings. The second-order valence-corrected chi connectivity index (χ2v) is 9.93. The fourth-order valence-corrected chi connectivity index (χ4v) is 4.53. The number of ether oxygens (including phenoxy) is 1. The fourth-order valence-electron chi connectivity index (χ4n) is 3.40. The van der Waals surface area contributed by atoms with Gasteiger partial charge in [-0.2, -0.15) is 17.0 Å². The van der Waals surface area contributed by atoms with Gasteiger partial charge in [-0.3, -0.25) is 4.79 Å². The summed E-state index contributed by atoms with van der Waals surface area (Å²) >= 11 is 0. The summed E-state index contributed by atoms with van der Waals surface area (Å²) in [6.45, 7) is 2.93. The molecule has 0 aliphatic carbocycles. The Morgan fingerprint density at radius 2 is 1.81 bits per heavy atom. The Balaban J connectivity index is 1.51. The highest BCUT2D eigenvalue weighted by molar-refractivity contribution is 7.86. The minimum absolute atomic E-state index is 0.0794. The van der Waals surface area contributed by atoms with Crippen LogP contribution in [0.4, 0.5) is 4.39 Å². The molecule has 1 aliphatic rings. The number of carbonyl (C=O) groups excluding carboxylic acids is 1. The summed E-state index contributed by atoms with van der Waals surface area (Å²) in [5, 5.41) is 2.80. The van der Waals surface area contributed by atoms with Crippen molar-refractivity contribution in [2.24, 2.45) is 0 Å². The molecule has 0 saturated carbocycles. The highest BCUT2D eigenvalue weighted by atomic mass is 32.2. The smallest absolute Gasteiger partial charge is 0.281 e. The van der Waals surface area contributed by atoms with E-state index in [1.165, 1.54) is 34.8 Å². The Bertz CT molecular complexity index is 1020. The zero-order valence-electron chi connectivity index (χ0n) is 18.0. The Morgan fingerprint density at radius 1 is 1.16 bits per heavy atom. The third-order valence-corrected chi connectivity index (χ3v) is 7.30. The Labute approximate surface area is 183 Å². The Hall–Kier alpha value is -2.49.